The van der Waals surface area contributed by atoms with Crippen molar-refractivity contribution in [2.75, 3.05) is 6.61 Å². The van der Waals surface area contributed by atoms with Gasteiger partial charge in [-0.2, -0.15) is 8.78 Å². The molecule has 0 saturated heterocycles. The first-order chi connectivity index (χ1) is 5.50. The molecule has 0 atom stereocenters. The third kappa shape index (κ3) is 4.23. The summed E-state index contributed by atoms with van der Waals surface area (Å²) in [6, 6.07) is 0. The van der Waals surface area contributed by atoms with Crippen LogP contribution in [0.3, 0.4) is 0 Å². The zero-order chi connectivity index (χ0) is 9.61. The summed E-state index contributed by atoms with van der Waals surface area (Å²) >= 11 is 0. The Labute approximate surface area is 69.3 Å². The minimum Gasteiger partial charge on any atom is -0.475 e. The lowest BCUT2D eigenvalue weighted by molar-refractivity contribution is -0.245. The second-order valence-corrected chi connectivity index (χ2v) is 2.38. The van der Waals surface area contributed by atoms with Gasteiger partial charge in [-0.15, -0.1) is 0 Å². The van der Waals surface area contributed by atoms with E-state index in [4.69, 9.17) is 5.11 Å². The molecule has 0 aliphatic rings. The first-order valence-electron chi connectivity index (χ1n) is 3.76. The van der Waals surface area contributed by atoms with Crippen molar-refractivity contribution in [3.8, 4) is 0 Å². The zero-order valence-corrected chi connectivity index (χ0v) is 6.85. The van der Waals surface area contributed by atoms with E-state index in [-0.39, 0.29) is 6.61 Å². The molecule has 0 amide bonds. The van der Waals surface area contributed by atoms with E-state index >= 15 is 0 Å². The maximum atomic E-state index is 12.2. The van der Waals surface area contributed by atoms with Crippen LogP contribution in [0.2, 0.25) is 0 Å². The highest BCUT2D eigenvalue weighted by molar-refractivity contribution is 5.73. The number of carboxylic acids is 1. The lowest BCUT2D eigenvalue weighted by Crippen LogP contribution is -2.31. The molecule has 1 N–H and O–H groups in total. The topological polar surface area (TPSA) is 46.5 Å². The molecule has 0 aromatic rings. The highest BCUT2D eigenvalue weighted by Crippen LogP contribution is 2.15. The highest BCUT2D eigenvalue weighted by Gasteiger charge is 2.40. The molecule has 0 aromatic carbocycles. The Balaban J connectivity index is 3.54. The van der Waals surface area contributed by atoms with Gasteiger partial charge in [0.1, 0.15) is 0 Å². The lowest BCUT2D eigenvalue weighted by Gasteiger charge is -2.10. The minimum atomic E-state index is -4.03. The highest BCUT2D eigenvalue weighted by atomic mass is 19.3. The summed E-state index contributed by atoms with van der Waals surface area (Å²) < 4.78 is 28.2. The van der Waals surface area contributed by atoms with Crippen molar-refractivity contribution in [3.05, 3.63) is 0 Å². The van der Waals surface area contributed by atoms with E-state index in [9.17, 15) is 13.6 Å². The van der Waals surface area contributed by atoms with E-state index in [0.717, 1.165) is 12.8 Å². The molecular weight excluding hydrogens is 170 g/mol. The van der Waals surface area contributed by atoms with Gasteiger partial charge in [0.2, 0.25) is 0 Å². The van der Waals surface area contributed by atoms with Gasteiger partial charge in [0.05, 0.1) is 6.61 Å². The zero-order valence-electron chi connectivity index (χ0n) is 6.85. The van der Waals surface area contributed by atoms with Crippen LogP contribution in [0.5, 0.6) is 0 Å². The minimum absolute atomic E-state index is 0.215. The monoisotopic (exact) mass is 182 g/mol. The van der Waals surface area contributed by atoms with E-state index < -0.39 is 12.1 Å². The summed E-state index contributed by atoms with van der Waals surface area (Å²) in [4.78, 5) is 9.81. The number of alkyl halides is 2. The van der Waals surface area contributed by atoms with Crippen molar-refractivity contribution in [1.82, 2.24) is 0 Å². The van der Waals surface area contributed by atoms with Gasteiger partial charge in [-0.3, -0.25) is 0 Å². The van der Waals surface area contributed by atoms with Crippen LogP contribution < -0.4 is 0 Å². The SMILES string of the molecule is CCCCCOC(F)(F)C(=O)O. The summed E-state index contributed by atoms with van der Waals surface area (Å²) in [7, 11) is 0. The lowest BCUT2D eigenvalue weighted by atomic mass is 10.3. The van der Waals surface area contributed by atoms with Crippen molar-refractivity contribution in [2.45, 2.75) is 32.3 Å². The Morgan fingerprint density at radius 1 is 1.50 bits per heavy atom. The van der Waals surface area contributed by atoms with E-state index in [1.54, 1.807) is 0 Å². The van der Waals surface area contributed by atoms with Gasteiger partial charge in [0.15, 0.2) is 0 Å². The molecule has 0 saturated carbocycles. The quantitative estimate of drug-likeness (QED) is 0.638. The average molecular weight is 182 g/mol. The molecule has 5 heteroatoms. The Bertz CT molecular complexity index is 148. The number of hydrogen-bond acceptors (Lipinski definition) is 2. The van der Waals surface area contributed by atoms with E-state index in [2.05, 4.69) is 4.74 Å². The van der Waals surface area contributed by atoms with E-state index in [1.165, 1.54) is 0 Å². The van der Waals surface area contributed by atoms with Gasteiger partial charge in [-0.05, 0) is 6.42 Å². The molecule has 0 fully saturated rings. The second-order valence-electron chi connectivity index (χ2n) is 2.38. The van der Waals surface area contributed by atoms with Crippen LogP contribution in [-0.2, 0) is 9.53 Å². The van der Waals surface area contributed by atoms with Crippen molar-refractivity contribution < 1.29 is 23.4 Å². The Morgan fingerprint density at radius 2 is 2.08 bits per heavy atom. The summed E-state index contributed by atoms with van der Waals surface area (Å²) in [5.41, 5.74) is 0. The number of ether oxygens (including phenoxy) is 1. The molecule has 0 spiro atoms. The smallest absolute Gasteiger partial charge is 0.455 e. The van der Waals surface area contributed by atoms with Crippen LogP contribution in [0.25, 0.3) is 0 Å². The molecule has 72 valence electrons. The van der Waals surface area contributed by atoms with Gasteiger partial charge < -0.3 is 9.84 Å². The predicted molar refractivity (Wildman–Crippen MR) is 38.1 cm³/mol. The van der Waals surface area contributed by atoms with E-state index in [0.29, 0.717) is 6.42 Å². The molecule has 0 radical (unpaired) electrons. The predicted octanol–water partition coefficient (Wildman–Crippen LogP) is 1.87. The van der Waals surface area contributed by atoms with Crippen LogP contribution in [0, 0.1) is 0 Å². The first kappa shape index (κ1) is 11.3. The van der Waals surface area contributed by atoms with Crippen LogP contribution in [0.15, 0.2) is 0 Å². The molecule has 0 aliphatic carbocycles. The molecule has 0 heterocycles. The number of rotatable bonds is 6. The molecule has 0 aliphatic heterocycles. The fourth-order valence-corrected chi connectivity index (χ4v) is 0.614. The van der Waals surface area contributed by atoms with Crippen molar-refractivity contribution in [3.63, 3.8) is 0 Å². The number of unbranched alkanes of at least 4 members (excludes halogenated alkanes) is 2. The number of carbonyl (C=O) groups is 1. The molecule has 0 bridgehead atoms. The van der Waals surface area contributed by atoms with Crippen molar-refractivity contribution in [2.24, 2.45) is 0 Å². The van der Waals surface area contributed by atoms with Gasteiger partial charge >= 0.3 is 12.1 Å². The Morgan fingerprint density at radius 3 is 2.50 bits per heavy atom. The Hall–Kier alpha value is -0.710. The summed E-state index contributed by atoms with van der Waals surface area (Å²) in [5.74, 6) is -2.24. The maximum Gasteiger partial charge on any atom is 0.455 e. The fraction of sp³-hybridized carbons (Fsp3) is 0.857. The standard InChI is InChI=1S/C7H12F2O3/c1-2-3-4-5-12-7(8,9)6(10)11/h2-5H2,1H3,(H,10,11). The van der Waals surface area contributed by atoms with Gasteiger partial charge in [0, 0.05) is 0 Å². The summed E-state index contributed by atoms with van der Waals surface area (Å²) in [5, 5.41) is 7.92. The van der Waals surface area contributed by atoms with Gasteiger partial charge in [-0.1, -0.05) is 19.8 Å². The molecule has 0 aromatic heterocycles. The normalized spacial score (nSPS) is 11.6. The summed E-state index contributed by atoms with van der Waals surface area (Å²) in [6.45, 7) is 1.70. The van der Waals surface area contributed by atoms with Gasteiger partial charge in [-0.25, -0.2) is 4.79 Å². The molecule has 12 heavy (non-hydrogen) atoms. The van der Waals surface area contributed by atoms with E-state index in [1.807, 2.05) is 6.92 Å². The first-order valence-corrected chi connectivity index (χ1v) is 3.76. The van der Waals surface area contributed by atoms with Crippen LogP contribution in [0.1, 0.15) is 26.2 Å². The number of hydrogen-bond donors (Lipinski definition) is 1. The third-order valence-electron chi connectivity index (χ3n) is 1.28. The molecule has 0 unspecified atom stereocenters. The largest absolute Gasteiger partial charge is 0.475 e. The van der Waals surface area contributed by atoms with Crippen molar-refractivity contribution in [1.29, 1.82) is 0 Å². The number of carboxylic acid groups (broad SMARTS) is 1. The maximum absolute atomic E-state index is 12.2. The van der Waals surface area contributed by atoms with Crippen LogP contribution in [0.4, 0.5) is 8.78 Å². The number of aliphatic carboxylic acids is 1. The molecule has 3 nitrogen and oxygen atoms in total. The summed E-state index contributed by atoms with van der Waals surface area (Å²) in [6.07, 6.45) is -1.94. The second kappa shape index (κ2) is 5.03. The molecular formula is C7H12F2O3. The number of halogens is 2. The Kier molecular flexibility index (Phi) is 4.73. The van der Waals surface area contributed by atoms with Crippen LogP contribution in [-0.4, -0.2) is 23.8 Å². The average Bonchev–Trinajstić information content (AvgIpc) is 1.98. The molecule has 0 rings (SSSR count). The van der Waals surface area contributed by atoms with Crippen molar-refractivity contribution >= 4 is 5.97 Å². The fourth-order valence-electron chi connectivity index (χ4n) is 0.614. The van der Waals surface area contributed by atoms with Gasteiger partial charge in [0.25, 0.3) is 0 Å². The third-order valence-corrected chi connectivity index (χ3v) is 1.28. The van der Waals surface area contributed by atoms with Crippen LogP contribution >= 0.6 is 0 Å².